The van der Waals surface area contributed by atoms with Gasteiger partial charge in [0.1, 0.15) is 0 Å². The largest absolute Gasteiger partial charge is 0.345 e. The van der Waals surface area contributed by atoms with Crippen molar-refractivity contribution >= 4 is 17.9 Å². The normalized spacial score (nSPS) is 10.1. The van der Waals surface area contributed by atoms with Crippen LogP contribution in [0.1, 0.15) is 10.4 Å². The number of H-pyrrole nitrogens is 1. The number of hydrogen-bond donors (Lipinski definition) is 1. The molecule has 0 aliphatic carbocycles. The van der Waals surface area contributed by atoms with Crippen molar-refractivity contribution in [1.82, 2.24) is 9.97 Å². The minimum absolute atomic E-state index is 0.451. The Hall–Kier alpha value is -1.61. The highest BCUT2D eigenvalue weighted by molar-refractivity contribution is 6.35. The van der Waals surface area contributed by atoms with Crippen LogP contribution < -0.4 is 0 Å². The maximum absolute atomic E-state index is 10.6. The van der Waals surface area contributed by atoms with Gasteiger partial charge in [0.25, 0.3) is 0 Å². The molecule has 1 aromatic carbocycles. The standard InChI is InChI=1S/C10H7ClN2O/c11-10-7(5-14)2-1-3-8(10)9-4-12-6-13-9/h1-6H,(H,12,13). The molecule has 0 spiro atoms. The summed E-state index contributed by atoms with van der Waals surface area (Å²) in [7, 11) is 0. The number of carbonyl (C=O) groups excluding carboxylic acids is 1. The van der Waals surface area contributed by atoms with E-state index in [1.165, 1.54) is 0 Å². The first-order valence-electron chi connectivity index (χ1n) is 4.05. The molecule has 14 heavy (non-hydrogen) atoms. The summed E-state index contributed by atoms with van der Waals surface area (Å²) >= 11 is 6.02. The van der Waals surface area contributed by atoms with Crippen LogP contribution in [0.15, 0.2) is 30.7 Å². The third-order valence-corrected chi connectivity index (χ3v) is 2.37. The van der Waals surface area contributed by atoms with Gasteiger partial charge in [0.2, 0.25) is 0 Å². The Morgan fingerprint density at radius 1 is 1.43 bits per heavy atom. The van der Waals surface area contributed by atoms with Crippen molar-refractivity contribution in [3.8, 4) is 11.3 Å². The van der Waals surface area contributed by atoms with Gasteiger partial charge in [0.05, 0.1) is 23.2 Å². The van der Waals surface area contributed by atoms with Crippen molar-refractivity contribution in [1.29, 1.82) is 0 Å². The Morgan fingerprint density at radius 2 is 2.29 bits per heavy atom. The van der Waals surface area contributed by atoms with Gasteiger partial charge in [-0.25, -0.2) is 4.98 Å². The van der Waals surface area contributed by atoms with Crippen molar-refractivity contribution in [3.63, 3.8) is 0 Å². The van der Waals surface area contributed by atoms with Crippen LogP contribution in [0.25, 0.3) is 11.3 Å². The third-order valence-electron chi connectivity index (χ3n) is 1.94. The minimum atomic E-state index is 0.451. The lowest BCUT2D eigenvalue weighted by atomic mass is 10.1. The second kappa shape index (κ2) is 3.64. The molecule has 1 aromatic heterocycles. The fourth-order valence-electron chi connectivity index (χ4n) is 1.25. The van der Waals surface area contributed by atoms with E-state index in [0.717, 1.165) is 17.5 Å². The molecule has 0 saturated heterocycles. The number of carbonyl (C=O) groups is 1. The Morgan fingerprint density at radius 3 is 2.93 bits per heavy atom. The zero-order valence-corrected chi connectivity index (χ0v) is 7.95. The molecular weight excluding hydrogens is 200 g/mol. The molecule has 2 rings (SSSR count). The fraction of sp³-hybridized carbons (Fsp3) is 0. The summed E-state index contributed by atoms with van der Waals surface area (Å²) in [5.41, 5.74) is 2.08. The molecule has 70 valence electrons. The summed E-state index contributed by atoms with van der Waals surface area (Å²) in [5, 5.41) is 0.451. The highest BCUT2D eigenvalue weighted by Crippen LogP contribution is 2.27. The zero-order chi connectivity index (χ0) is 9.97. The highest BCUT2D eigenvalue weighted by atomic mass is 35.5. The molecule has 0 amide bonds. The number of hydrogen-bond acceptors (Lipinski definition) is 2. The summed E-state index contributed by atoms with van der Waals surface area (Å²) in [6.07, 6.45) is 3.97. The van der Waals surface area contributed by atoms with Gasteiger partial charge in [0.15, 0.2) is 6.29 Å². The molecule has 0 saturated carbocycles. The lowest BCUT2D eigenvalue weighted by Crippen LogP contribution is -1.85. The number of benzene rings is 1. The summed E-state index contributed by atoms with van der Waals surface area (Å²) in [5.74, 6) is 0. The van der Waals surface area contributed by atoms with Crippen molar-refractivity contribution in [2.45, 2.75) is 0 Å². The molecule has 0 atom stereocenters. The van der Waals surface area contributed by atoms with Crippen molar-refractivity contribution in [2.24, 2.45) is 0 Å². The first kappa shape index (κ1) is 8.97. The van der Waals surface area contributed by atoms with Gasteiger partial charge in [-0.05, 0) is 0 Å². The lowest BCUT2D eigenvalue weighted by Gasteiger charge is -2.02. The van der Waals surface area contributed by atoms with Crippen LogP contribution in [0, 0.1) is 0 Å². The molecule has 2 aromatic rings. The van der Waals surface area contributed by atoms with Crippen LogP contribution in [0.3, 0.4) is 0 Å². The number of imidazole rings is 1. The number of halogens is 1. The van der Waals surface area contributed by atoms with Crippen molar-refractivity contribution < 1.29 is 4.79 Å². The second-order valence-electron chi connectivity index (χ2n) is 2.79. The Kier molecular flexibility index (Phi) is 2.33. The van der Waals surface area contributed by atoms with Gasteiger partial charge >= 0.3 is 0 Å². The highest BCUT2D eigenvalue weighted by Gasteiger charge is 2.07. The number of aldehydes is 1. The number of aromatic nitrogens is 2. The average Bonchev–Trinajstić information content (AvgIpc) is 2.71. The van der Waals surface area contributed by atoms with Gasteiger partial charge in [-0.2, -0.15) is 0 Å². The van der Waals surface area contributed by atoms with Crippen LogP contribution in [0.2, 0.25) is 5.02 Å². The monoisotopic (exact) mass is 206 g/mol. The first-order valence-corrected chi connectivity index (χ1v) is 4.43. The number of nitrogens with zero attached hydrogens (tertiary/aromatic N) is 1. The SMILES string of the molecule is O=Cc1cccc(-c2cnc[nH]2)c1Cl. The molecule has 0 radical (unpaired) electrons. The molecule has 0 aliphatic rings. The maximum atomic E-state index is 10.6. The van der Waals surface area contributed by atoms with Crippen molar-refractivity contribution in [3.05, 3.63) is 41.3 Å². The summed E-state index contributed by atoms with van der Waals surface area (Å²) in [6, 6.07) is 5.30. The van der Waals surface area contributed by atoms with Crippen LogP contribution in [0.5, 0.6) is 0 Å². The average molecular weight is 207 g/mol. The molecular formula is C10H7ClN2O. The third kappa shape index (κ3) is 1.42. The summed E-state index contributed by atoms with van der Waals surface area (Å²) in [6.45, 7) is 0. The molecule has 1 N–H and O–H groups in total. The van der Waals surface area contributed by atoms with Gasteiger partial charge in [-0.1, -0.05) is 29.8 Å². The van der Waals surface area contributed by atoms with Crippen LogP contribution in [-0.4, -0.2) is 16.3 Å². The molecule has 0 unspecified atom stereocenters. The van der Waals surface area contributed by atoms with Crippen LogP contribution in [-0.2, 0) is 0 Å². The van der Waals surface area contributed by atoms with E-state index >= 15 is 0 Å². The van der Waals surface area contributed by atoms with E-state index < -0.39 is 0 Å². The molecule has 0 bridgehead atoms. The van der Waals surface area contributed by atoms with Crippen LogP contribution >= 0.6 is 11.6 Å². The predicted octanol–water partition coefficient (Wildman–Crippen LogP) is 2.54. The maximum Gasteiger partial charge on any atom is 0.151 e. The van der Waals surface area contributed by atoms with Crippen LogP contribution in [0.4, 0.5) is 0 Å². The Labute approximate surface area is 85.7 Å². The molecule has 4 heteroatoms. The Balaban J connectivity index is 2.60. The van der Waals surface area contributed by atoms with Gasteiger partial charge in [0, 0.05) is 11.1 Å². The van der Waals surface area contributed by atoms with E-state index in [4.69, 9.17) is 11.6 Å². The molecule has 0 fully saturated rings. The van der Waals surface area contributed by atoms with Gasteiger partial charge < -0.3 is 4.98 Å². The number of aromatic amines is 1. The quantitative estimate of drug-likeness (QED) is 0.768. The lowest BCUT2D eigenvalue weighted by molar-refractivity contribution is 0.112. The van der Waals surface area contributed by atoms with E-state index in [9.17, 15) is 4.79 Å². The summed E-state index contributed by atoms with van der Waals surface area (Å²) in [4.78, 5) is 17.5. The molecule has 0 aliphatic heterocycles. The number of rotatable bonds is 2. The minimum Gasteiger partial charge on any atom is -0.345 e. The van der Waals surface area contributed by atoms with E-state index in [-0.39, 0.29) is 0 Å². The summed E-state index contributed by atoms with van der Waals surface area (Å²) < 4.78 is 0. The smallest absolute Gasteiger partial charge is 0.151 e. The first-order chi connectivity index (χ1) is 6.83. The van der Waals surface area contributed by atoms with Gasteiger partial charge in [-0.3, -0.25) is 4.79 Å². The Bertz CT molecular complexity index is 451. The fourth-order valence-corrected chi connectivity index (χ4v) is 1.52. The molecule has 3 nitrogen and oxygen atoms in total. The predicted molar refractivity (Wildman–Crippen MR) is 54.4 cm³/mol. The zero-order valence-electron chi connectivity index (χ0n) is 7.20. The van der Waals surface area contributed by atoms with E-state index in [2.05, 4.69) is 9.97 Å². The van der Waals surface area contributed by atoms with Gasteiger partial charge in [-0.15, -0.1) is 0 Å². The number of nitrogens with one attached hydrogen (secondary N) is 1. The van der Waals surface area contributed by atoms with E-state index in [1.54, 1.807) is 24.7 Å². The molecule has 1 heterocycles. The van der Waals surface area contributed by atoms with E-state index in [1.807, 2.05) is 6.07 Å². The van der Waals surface area contributed by atoms with E-state index in [0.29, 0.717) is 10.6 Å². The topological polar surface area (TPSA) is 45.8 Å². The van der Waals surface area contributed by atoms with Crippen molar-refractivity contribution in [2.75, 3.05) is 0 Å². The second-order valence-corrected chi connectivity index (χ2v) is 3.17.